The van der Waals surface area contributed by atoms with Crippen LogP contribution < -0.4 is 0 Å². The fourth-order valence-electron chi connectivity index (χ4n) is 6.06. The Hall–Kier alpha value is -2.32. The molecule has 8 heteroatoms. The molecule has 0 fully saturated rings. The topological polar surface area (TPSA) is 77.8 Å². The van der Waals surface area contributed by atoms with Crippen LogP contribution in [0.2, 0.25) is 0 Å². The summed E-state index contributed by atoms with van der Waals surface area (Å²) in [5.74, 6) is 6.32. The van der Waals surface area contributed by atoms with Gasteiger partial charge in [-0.2, -0.15) is 8.75 Å². The van der Waals surface area contributed by atoms with E-state index in [-0.39, 0.29) is 0 Å². The Bertz CT molecular complexity index is 1270. The molecule has 4 aromatic heterocycles. The van der Waals surface area contributed by atoms with Crippen molar-refractivity contribution in [1.29, 1.82) is 0 Å². The van der Waals surface area contributed by atoms with Gasteiger partial charge in [-0.3, -0.25) is 0 Å². The van der Waals surface area contributed by atoms with E-state index < -0.39 is 0 Å². The maximum atomic E-state index is 5.27. The Kier molecular flexibility index (Phi) is 18.0. The standard InChI is InChI=1S/2C10H17NO.2C10H17NS/c1-6(2)9-8(5)12-11-10(9)7(3)4;1-6(2)9-8(5)11-12-10(9)7(3)4;1-6(2)9-8(5)12-11-10(9)7(3)4;1-6(2)9-8(5)11-12-10(9)7(3)4/h4*6-7H,1-5H3. The maximum absolute atomic E-state index is 5.27. The van der Waals surface area contributed by atoms with Crippen LogP contribution in [-0.4, -0.2) is 19.1 Å². The molecule has 0 aromatic carbocycles. The summed E-state index contributed by atoms with van der Waals surface area (Å²) in [5.41, 5.74) is 10.2. The summed E-state index contributed by atoms with van der Waals surface area (Å²) in [6.07, 6.45) is 0. The molecule has 0 amide bonds. The molecule has 0 bridgehead atoms. The molecule has 4 heterocycles. The summed E-state index contributed by atoms with van der Waals surface area (Å²) in [4.78, 5) is 2.84. The van der Waals surface area contributed by atoms with Crippen molar-refractivity contribution in [2.24, 2.45) is 0 Å². The molecule has 0 unspecified atom stereocenters. The van der Waals surface area contributed by atoms with E-state index in [1.54, 1.807) is 23.1 Å². The van der Waals surface area contributed by atoms with Gasteiger partial charge < -0.3 is 9.05 Å². The molecule has 0 aliphatic heterocycles. The molecule has 272 valence electrons. The number of nitrogens with zero attached hydrogens (tertiary/aromatic N) is 4. The molecular weight excluding hydrogens is 633 g/mol. The third-order valence-corrected chi connectivity index (χ3v) is 10.2. The van der Waals surface area contributed by atoms with Gasteiger partial charge in [-0.05, 0) is 103 Å². The second-order valence-electron chi connectivity index (χ2n) is 15.4. The van der Waals surface area contributed by atoms with Gasteiger partial charge in [-0.1, -0.05) is 121 Å². The Morgan fingerprint density at radius 1 is 0.417 bits per heavy atom. The molecule has 0 saturated heterocycles. The summed E-state index contributed by atoms with van der Waals surface area (Å²) in [5, 5.41) is 8.05. The minimum Gasteiger partial charge on any atom is -0.361 e. The summed E-state index contributed by atoms with van der Waals surface area (Å²) >= 11 is 3.30. The van der Waals surface area contributed by atoms with E-state index in [2.05, 4.69) is 144 Å². The van der Waals surface area contributed by atoms with Crippen LogP contribution >= 0.6 is 23.1 Å². The average Bonchev–Trinajstić information content (AvgIpc) is 3.74. The smallest absolute Gasteiger partial charge is 0.142 e. The predicted octanol–water partition coefficient (Wildman–Crippen LogP) is 13.9. The highest BCUT2D eigenvalue weighted by molar-refractivity contribution is 7.06. The van der Waals surface area contributed by atoms with E-state index in [0.29, 0.717) is 47.3 Å². The van der Waals surface area contributed by atoms with Crippen LogP contribution in [0.5, 0.6) is 0 Å². The Morgan fingerprint density at radius 3 is 1.25 bits per heavy atom. The van der Waals surface area contributed by atoms with Crippen molar-refractivity contribution in [3.8, 4) is 0 Å². The Balaban J connectivity index is 0.000000320. The van der Waals surface area contributed by atoms with Gasteiger partial charge in [0.1, 0.15) is 11.5 Å². The molecule has 0 radical (unpaired) electrons. The van der Waals surface area contributed by atoms with E-state index >= 15 is 0 Å². The number of hydrogen-bond donors (Lipinski definition) is 0. The van der Waals surface area contributed by atoms with Gasteiger partial charge in [0.05, 0.1) is 22.8 Å². The first kappa shape index (κ1) is 43.7. The quantitative estimate of drug-likeness (QED) is 0.182. The molecule has 0 atom stereocenters. The normalized spacial score (nSPS) is 11.6. The van der Waals surface area contributed by atoms with Crippen molar-refractivity contribution >= 4 is 23.1 Å². The molecule has 0 spiro atoms. The molecule has 0 saturated carbocycles. The fraction of sp³-hybridized carbons (Fsp3) is 0.700. The Morgan fingerprint density at radius 2 is 0.917 bits per heavy atom. The van der Waals surface area contributed by atoms with Crippen molar-refractivity contribution < 1.29 is 9.05 Å². The van der Waals surface area contributed by atoms with E-state index in [1.165, 1.54) is 43.4 Å². The second kappa shape index (κ2) is 19.8. The van der Waals surface area contributed by atoms with Crippen molar-refractivity contribution in [3.05, 3.63) is 66.3 Å². The molecule has 0 N–H and O–H groups in total. The fourth-order valence-corrected chi connectivity index (χ4v) is 8.07. The average molecular weight is 701 g/mol. The number of aryl methyl sites for hydroxylation is 4. The van der Waals surface area contributed by atoms with E-state index in [9.17, 15) is 0 Å². The van der Waals surface area contributed by atoms with Crippen LogP contribution in [0.1, 0.15) is 224 Å². The van der Waals surface area contributed by atoms with Gasteiger partial charge in [0.25, 0.3) is 0 Å². The van der Waals surface area contributed by atoms with Gasteiger partial charge in [-0.25, -0.2) is 0 Å². The first-order valence-corrected chi connectivity index (χ1v) is 19.5. The molecule has 0 aliphatic carbocycles. The molecule has 6 nitrogen and oxygen atoms in total. The van der Waals surface area contributed by atoms with Crippen LogP contribution in [0.3, 0.4) is 0 Å². The van der Waals surface area contributed by atoms with E-state index in [4.69, 9.17) is 9.05 Å². The Labute approximate surface area is 302 Å². The first-order valence-electron chi connectivity index (χ1n) is 18.0. The molecule has 4 aromatic rings. The lowest BCUT2D eigenvalue weighted by molar-refractivity contribution is 0.365. The zero-order valence-corrected chi connectivity index (χ0v) is 35.7. The van der Waals surface area contributed by atoms with E-state index in [0.717, 1.165) is 22.9 Å². The van der Waals surface area contributed by atoms with Crippen LogP contribution in [-0.2, 0) is 0 Å². The van der Waals surface area contributed by atoms with Crippen molar-refractivity contribution in [1.82, 2.24) is 19.1 Å². The molecule has 48 heavy (non-hydrogen) atoms. The lowest BCUT2D eigenvalue weighted by Crippen LogP contribution is -1.97. The van der Waals surface area contributed by atoms with Gasteiger partial charge in [0.2, 0.25) is 0 Å². The van der Waals surface area contributed by atoms with Gasteiger partial charge in [0, 0.05) is 26.8 Å². The third-order valence-electron chi connectivity index (χ3n) is 8.20. The van der Waals surface area contributed by atoms with Crippen LogP contribution in [0.15, 0.2) is 9.05 Å². The minimum absolute atomic E-state index is 0.434. The predicted molar refractivity (Wildman–Crippen MR) is 209 cm³/mol. The van der Waals surface area contributed by atoms with E-state index in [1.807, 2.05) is 13.8 Å². The van der Waals surface area contributed by atoms with Crippen molar-refractivity contribution in [2.75, 3.05) is 0 Å². The largest absolute Gasteiger partial charge is 0.361 e. The van der Waals surface area contributed by atoms with Crippen LogP contribution in [0.25, 0.3) is 0 Å². The number of hydrogen-bond acceptors (Lipinski definition) is 8. The number of aromatic nitrogens is 4. The summed E-state index contributed by atoms with van der Waals surface area (Å²) < 4.78 is 19.3. The zero-order chi connectivity index (χ0) is 37.2. The highest BCUT2D eigenvalue weighted by Crippen LogP contribution is 2.33. The molecule has 4 rings (SSSR count). The van der Waals surface area contributed by atoms with Crippen LogP contribution in [0.4, 0.5) is 0 Å². The number of rotatable bonds is 8. The van der Waals surface area contributed by atoms with Crippen molar-refractivity contribution in [3.63, 3.8) is 0 Å². The van der Waals surface area contributed by atoms with Gasteiger partial charge in [0.15, 0.2) is 0 Å². The SMILES string of the molecule is Cc1noc(C(C)C)c1C(C)C.Cc1nsc(C(C)C)c1C(C)C.Cc1onc(C(C)C)c1C(C)C.Cc1snc(C(C)C)c1C(C)C. The maximum Gasteiger partial charge on any atom is 0.142 e. The molecule has 0 aliphatic rings. The molecular formula is C40H68N4O2S2. The van der Waals surface area contributed by atoms with Gasteiger partial charge >= 0.3 is 0 Å². The zero-order valence-electron chi connectivity index (χ0n) is 34.0. The summed E-state index contributed by atoms with van der Waals surface area (Å²) in [7, 11) is 0. The summed E-state index contributed by atoms with van der Waals surface area (Å²) in [6.45, 7) is 43.3. The van der Waals surface area contributed by atoms with Crippen molar-refractivity contribution in [2.45, 2.75) is 186 Å². The highest BCUT2D eigenvalue weighted by atomic mass is 32.1. The first-order chi connectivity index (χ1) is 22.1. The van der Waals surface area contributed by atoms with Crippen LogP contribution in [0, 0.1) is 27.7 Å². The lowest BCUT2D eigenvalue weighted by atomic mass is 9.96. The summed E-state index contributed by atoms with van der Waals surface area (Å²) in [6, 6.07) is 0. The highest BCUT2D eigenvalue weighted by Gasteiger charge is 2.20. The minimum atomic E-state index is 0.434. The second-order valence-corrected chi connectivity index (χ2v) is 17.2. The third kappa shape index (κ3) is 11.9. The monoisotopic (exact) mass is 700 g/mol. The van der Waals surface area contributed by atoms with Gasteiger partial charge in [-0.15, -0.1) is 0 Å². The lowest BCUT2D eigenvalue weighted by Gasteiger charge is -2.09.